The first-order valence-electron chi connectivity index (χ1n) is 7.02. The van der Waals surface area contributed by atoms with E-state index in [1.54, 1.807) is 18.2 Å². The molecule has 7 nitrogen and oxygen atoms in total. The summed E-state index contributed by atoms with van der Waals surface area (Å²) in [6, 6.07) is 6.54. The number of hydrogen-bond acceptors (Lipinski definition) is 5. The van der Waals surface area contributed by atoms with Crippen LogP contribution in [0.3, 0.4) is 0 Å². The molecule has 0 saturated carbocycles. The molecule has 1 aromatic carbocycles. The zero-order valence-corrected chi connectivity index (χ0v) is 12.0. The zero-order chi connectivity index (χ0) is 15.2. The predicted octanol–water partition coefficient (Wildman–Crippen LogP) is 1.22. The number of benzene rings is 1. The van der Waals surface area contributed by atoms with Crippen LogP contribution in [0.2, 0.25) is 0 Å². The highest BCUT2D eigenvalue weighted by atomic mass is 16.6. The van der Waals surface area contributed by atoms with E-state index in [0.29, 0.717) is 6.04 Å². The van der Waals surface area contributed by atoms with Crippen LogP contribution in [0.5, 0.6) is 0 Å². The van der Waals surface area contributed by atoms with Crippen LogP contribution in [0.4, 0.5) is 11.4 Å². The van der Waals surface area contributed by atoms with Crippen LogP contribution in [-0.4, -0.2) is 48.5 Å². The number of carbonyl (C=O) groups excluding carboxylic acids is 1. The molecule has 0 radical (unpaired) electrons. The third kappa shape index (κ3) is 4.24. The number of piperidine rings is 1. The van der Waals surface area contributed by atoms with Gasteiger partial charge in [0, 0.05) is 12.1 Å². The van der Waals surface area contributed by atoms with Gasteiger partial charge in [-0.3, -0.25) is 19.8 Å². The van der Waals surface area contributed by atoms with E-state index >= 15 is 0 Å². The van der Waals surface area contributed by atoms with Crippen molar-refractivity contribution in [2.24, 2.45) is 0 Å². The summed E-state index contributed by atoms with van der Waals surface area (Å²) < 4.78 is 0. The monoisotopic (exact) mass is 292 g/mol. The highest BCUT2D eigenvalue weighted by Gasteiger charge is 2.21. The fraction of sp³-hybridized carbons (Fsp3) is 0.500. The molecule has 21 heavy (non-hydrogen) atoms. The van der Waals surface area contributed by atoms with Gasteiger partial charge in [0.05, 0.1) is 11.5 Å². The van der Waals surface area contributed by atoms with Crippen molar-refractivity contribution < 1.29 is 9.72 Å². The molecule has 0 aliphatic carbocycles. The topological polar surface area (TPSA) is 87.5 Å². The van der Waals surface area contributed by atoms with Crippen LogP contribution >= 0.6 is 0 Å². The Morgan fingerprint density at radius 2 is 2.10 bits per heavy atom. The lowest BCUT2D eigenvalue weighted by Gasteiger charge is -2.31. The fourth-order valence-electron chi connectivity index (χ4n) is 2.53. The highest BCUT2D eigenvalue weighted by Crippen LogP contribution is 2.23. The maximum atomic E-state index is 12.0. The van der Waals surface area contributed by atoms with E-state index in [-0.39, 0.29) is 23.8 Å². The molecule has 1 fully saturated rings. The standard InChI is InChI=1S/C14H20N4O3/c1-17(11-6-8-15-9-7-11)10-14(19)16-12-4-2-3-5-13(12)18(20)21/h2-5,11,15H,6-10H2,1H3,(H,16,19). The van der Waals surface area contributed by atoms with Gasteiger partial charge in [0.15, 0.2) is 0 Å². The lowest BCUT2D eigenvalue weighted by atomic mass is 10.1. The van der Waals surface area contributed by atoms with Crippen LogP contribution in [0, 0.1) is 10.1 Å². The summed E-state index contributed by atoms with van der Waals surface area (Å²) >= 11 is 0. The number of hydrogen-bond donors (Lipinski definition) is 2. The summed E-state index contributed by atoms with van der Waals surface area (Å²) in [5, 5.41) is 16.8. The quantitative estimate of drug-likeness (QED) is 0.629. The number of carbonyl (C=O) groups is 1. The first kappa shape index (κ1) is 15.4. The lowest BCUT2D eigenvalue weighted by molar-refractivity contribution is -0.383. The summed E-state index contributed by atoms with van der Waals surface area (Å²) in [5.41, 5.74) is 0.154. The Bertz CT molecular complexity index is 515. The van der Waals surface area contributed by atoms with Crippen molar-refractivity contribution in [1.29, 1.82) is 0 Å². The molecule has 1 heterocycles. The van der Waals surface area contributed by atoms with Crippen molar-refractivity contribution in [1.82, 2.24) is 10.2 Å². The Kier molecular flexibility index (Phi) is 5.24. The third-order valence-corrected chi connectivity index (χ3v) is 3.70. The van der Waals surface area contributed by atoms with E-state index in [2.05, 4.69) is 10.6 Å². The van der Waals surface area contributed by atoms with Gasteiger partial charge >= 0.3 is 0 Å². The maximum absolute atomic E-state index is 12.0. The van der Waals surface area contributed by atoms with Crippen LogP contribution in [0.1, 0.15) is 12.8 Å². The molecule has 2 rings (SSSR count). The van der Waals surface area contributed by atoms with Crippen LogP contribution < -0.4 is 10.6 Å². The minimum atomic E-state index is -0.494. The number of nitro benzene ring substituents is 1. The van der Waals surface area contributed by atoms with Gasteiger partial charge in [-0.25, -0.2) is 0 Å². The second-order valence-corrected chi connectivity index (χ2v) is 5.22. The molecule has 2 N–H and O–H groups in total. The first-order valence-corrected chi connectivity index (χ1v) is 7.02. The number of likely N-dealkylation sites (N-methyl/N-ethyl adjacent to an activating group) is 1. The number of nitrogens with one attached hydrogen (secondary N) is 2. The van der Waals surface area contributed by atoms with Crippen LogP contribution in [0.15, 0.2) is 24.3 Å². The van der Waals surface area contributed by atoms with Crippen molar-refractivity contribution in [3.05, 3.63) is 34.4 Å². The van der Waals surface area contributed by atoms with Gasteiger partial charge < -0.3 is 10.6 Å². The number of nitro groups is 1. The molecule has 0 atom stereocenters. The molecular weight excluding hydrogens is 272 g/mol. The summed E-state index contributed by atoms with van der Waals surface area (Å²) in [6.07, 6.45) is 2.02. The highest BCUT2D eigenvalue weighted by molar-refractivity contribution is 5.94. The summed E-state index contributed by atoms with van der Waals surface area (Å²) in [5.74, 6) is -0.231. The number of anilines is 1. The molecule has 7 heteroatoms. The van der Waals surface area contributed by atoms with Crippen molar-refractivity contribution >= 4 is 17.3 Å². The molecule has 1 aliphatic heterocycles. The van der Waals surface area contributed by atoms with Gasteiger partial charge in [0.25, 0.3) is 5.69 Å². The number of amides is 1. The molecule has 1 amide bonds. The van der Waals surface area contributed by atoms with Crippen molar-refractivity contribution in [2.45, 2.75) is 18.9 Å². The minimum Gasteiger partial charge on any atom is -0.319 e. The van der Waals surface area contributed by atoms with Gasteiger partial charge in [-0.1, -0.05) is 12.1 Å². The Morgan fingerprint density at radius 3 is 2.76 bits per heavy atom. The van der Waals surface area contributed by atoms with Crippen LogP contribution in [0.25, 0.3) is 0 Å². The minimum absolute atomic E-state index is 0.0876. The molecule has 1 aliphatic rings. The van der Waals surface area contributed by atoms with Gasteiger partial charge in [-0.2, -0.15) is 0 Å². The first-order chi connectivity index (χ1) is 10.1. The van der Waals surface area contributed by atoms with Crippen molar-refractivity contribution in [3.63, 3.8) is 0 Å². The SMILES string of the molecule is CN(CC(=O)Nc1ccccc1[N+](=O)[O-])C1CCNCC1. The molecule has 1 saturated heterocycles. The van der Waals surface area contributed by atoms with Crippen LogP contribution in [-0.2, 0) is 4.79 Å². The molecule has 0 aromatic heterocycles. The summed E-state index contributed by atoms with van der Waals surface area (Å²) in [4.78, 5) is 24.5. The maximum Gasteiger partial charge on any atom is 0.292 e. The number of para-hydroxylation sites is 2. The number of rotatable bonds is 5. The lowest BCUT2D eigenvalue weighted by Crippen LogP contribution is -2.44. The second-order valence-electron chi connectivity index (χ2n) is 5.22. The normalized spacial score (nSPS) is 15.9. The third-order valence-electron chi connectivity index (χ3n) is 3.70. The van der Waals surface area contributed by atoms with Gasteiger partial charge in [-0.05, 0) is 39.0 Å². The molecule has 114 valence electrons. The Morgan fingerprint density at radius 1 is 1.43 bits per heavy atom. The smallest absolute Gasteiger partial charge is 0.292 e. The average Bonchev–Trinajstić information content (AvgIpc) is 2.48. The van der Waals surface area contributed by atoms with E-state index in [4.69, 9.17) is 0 Å². The molecule has 0 spiro atoms. The average molecular weight is 292 g/mol. The van der Waals surface area contributed by atoms with E-state index < -0.39 is 4.92 Å². The van der Waals surface area contributed by atoms with Gasteiger partial charge in [0.2, 0.25) is 5.91 Å². The Balaban J connectivity index is 1.94. The fourth-order valence-corrected chi connectivity index (χ4v) is 2.53. The largest absolute Gasteiger partial charge is 0.319 e. The Labute approximate surface area is 123 Å². The van der Waals surface area contributed by atoms with Gasteiger partial charge in [-0.15, -0.1) is 0 Å². The van der Waals surface area contributed by atoms with E-state index in [9.17, 15) is 14.9 Å². The number of nitrogens with zero attached hydrogens (tertiary/aromatic N) is 2. The molecular formula is C14H20N4O3. The second kappa shape index (κ2) is 7.14. The Hall–Kier alpha value is -1.99. The molecule has 1 aromatic rings. The zero-order valence-electron chi connectivity index (χ0n) is 12.0. The van der Waals surface area contributed by atoms with Gasteiger partial charge in [0.1, 0.15) is 5.69 Å². The van der Waals surface area contributed by atoms with E-state index in [1.807, 2.05) is 11.9 Å². The molecule has 0 bridgehead atoms. The summed E-state index contributed by atoms with van der Waals surface area (Å²) in [7, 11) is 1.91. The predicted molar refractivity (Wildman–Crippen MR) is 80.2 cm³/mol. The van der Waals surface area contributed by atoms with E-state index in [0.717, 1.165) is 25.9 Å². The van der Waals surface area contributed by atoms with Crippen molar-refractivity contribution in [2.75, 3.05) is 32.0 Å². The molecule has 0 unspecified atom stereocenters. The summed E-state index contributed by atoms with van der Waals surface area (Å²) in [6.45, 7) is 2.15. The van der Waals surface area contributed by atoms with E-state index in [1.165, 1.54) is 6.07 Å². The van der Waals surface area contributed by atoms with Crippen molar-refractivity contribution in [3.8, 4) is 0 Å².